The second-order valence-electron chi connectivity index (χ2n) is 4.14. The predicted molar refractivity (Wildman–Crippen MR) is 67.9 cm³/mol. The number of hydrogen-bond donors (Lipinski definition) is 2. The minimum atomic E-state index is 0.512. The van der Waals surface area contributed by atoms with E-state index in [1.54, 1.807) is 17.4 Å². The van der Waals surface area contributed by atoms with E-state index in [0.29, 0.717) is 18.3 Å². The molecule has 1 aliphatic carbocycles. The highest BCUT2D eigenvalue weighted by Crippen LogP contribution is 2.38. The van der Waals surface area contributed by atoms with Crippen LogP contribution < -0.4 is 11.1 Å². The molecule has 0 unspecified atom stereocenters. The number of nitrogen functional groups attached to an aromatic ring is 1. The average molecular weight is 247 g/mol. The van der Waals surface area contributed by atoms with Gasteiger partial charge in [-0.2, -0.15) is 0 Å². The molecule has 0 radical (unpaired) electrons. The Balaban J connectivity index is 1.73. The molecule has 5 nitrogen and oxygen atoms in total. The number of thiazole rings is 1. The van der Waals surface area contributed by atoms with E-state index in [9.17, 15) is 0 Å². The molecule has 2 heterocycles. The lowest BCUT2D eigenvalue weighted by Gasteiger charge is -2.06. The third-order valence-corrected chi connectivity index (χ3v) is 3.28. The molecule has 1 fully saturated rings. The lowest BCUT2D eigenvalue weighted by atomic mass is 10.3. The van der Waals surface area contributed by atoms with Gasteiger partial charge in [0.15, 0.2) is 0 Å². The summed E-state index contributed by atoms with van der Waals surface area (Å²) >= 11 is 1.59. The normalized spacial score (nSPS) is 14.8. The molecule has 0 aromatic carbocycles. The van der Waals surface area contributed by atoms with Gasteiger partial charge in [0.2, 0.25) is 0 Å². The molecule has 0 spiro atoms. The lowest BCUT2D eigenvalue weighted by molar-refractivity contribution is 0.923. The quantitative estimate of drug-likeness (QED) is 0.864. The second kappa shape index (κ2) is 4.29. The fourth-order valence-corrected chi connectivity index (χ4v) is 2.16. The first-order chi connectivity index (χ1) is 8.31. The van der Waals surface area contributed by atoms with Crippen molar-refractivity contribution in [1.82, 2.24) is 15.0 Å². The maximum atomic E-state index is 5.77. The van der Waals surface area contributed by atoms with E-state index in [2.05, 4.69) is 20.3 Å². The van der Waals surface area contributed by atoms with Crippen LogP contribution in [0.5, 0.6) is 0 Å². The number of aromatic nitrogens is 3. The van der Waals surface area contributed by atoms with Crippen molar-refractivity contribution in [3.63, 3.8) is 0 Å². The van der Waals surface area contributed by atoms with Crippen molar-refractivity contribution in [1.29, 1.82) is 0 Å². The maximum absolute atomic E-state index is 5.77. The number of nitrogens with one attached hydrogen (secondary N) is 1. The van der Waals surface area contributed by atoms with Crippen molar-refractivity contribution in [3.8, 4) is 0 Å². The molecule has 0 atom stereocenters. The van der Waals surface area contributed by atoms with Gasteiger partial charge in [-0.1, -0.05) is 0 Å². The van der Waals surface area contributed by atoms with Crippen molar-refractivity contribution in [2.75, 3.05) is 11.1 Å². The minimum absolute atomic E-state index is 0.512. The Hall–Kier alpha value is -1.69. The minimum Gasteiger partial charge on any atom is -0.384 e. The number of anilines is 2. The van der Waals surface area contributed by atoms with Gasteiger partial charge >= 0.3 is 0 Å². The van der Waals surface area contributed by atoms with Crippen LogP contribution in [0.15, 0.2) is 17.0 Å². The number of nitrogens with two attached hydrogens (primary N) is 1. The molecule has 1 saturated carbocycles. The summed E-state index contributed by atoms with van der Waals surface area (Å²) in [7, 11) is 0. The first-order valence-corrected chi connectivity index (χ1v) is 6.51. The molecule has 0 amide bonds. The second-order valence-corrected chi connectivity index (χ2v) is 4.86. The number of hydrogen-bond acceptors (Lipinski definition) is 6. The summed E-state index contributed by atoms with van der Waals surface area (Å²) < 4.78 is 0. The zero-order valence-corrected chi connectivity index (χ0v) is 10.1. The predicted octanol–water partition coefficient (Wildman–Crippen LogP) is 2.00. The molecule has 6 heteroatoms. The molecular weight excluding hydrogens is 234 g/mol. The molecule has 0 bridgehead atoms. The molecule has 88 valence electrons. The third-order valence-electron chi connectivity index (χ3n) is 2.64. The van der Waals surface area contributed by atoms with Crippen molar-refractivity contribution >= 4 is 23.0 Å². The maximum Gasteiger partial charge on any atom is 0.136 e. The van der Waals surface area contributed by atoms with Crippen molar-refractivity contribution in [3.05, 3.63) is 28.5 Å². The van der Waals surface area contributed by atoms with Crippen molar-refractivity contribution < 1.29 is 0 Å². The highest BCUT2D eigenvalue weighted by molar-refractivity contribution is 7.07. The van der Waals surface area contributed by atoms with Crippen LogP contribution in [-0.4, -0.2) is 15.0 Å². The van der Waals surface area contributed by atoms with Gasteiger partial charge < -0.3 is 11.1 Å². The first-order valence-electron chi connectivity index (χ1n) is 5.56. The summed E-state index contributed by atoms with van der Waals surface area (Å²) in [5, 5.41) is 5.24. The molecular formula is C11H13N5S. The standard InChI is InChI=1S/C11H13N5S/c12-9-3-10(13-4-8-5-17-6-14-8)16-11(15-9)7-1-2-7/h3,5-7H,1-2,4H2,(H3,12,13,15,16). The average Bonchev–Trinajstić information content (AvgIpc) is 3.04. The van der Waals surface area contributed by atoms with Gasteiger partial charge in [0.25, 0.3) is 0 Å². The molecule has 1 aliphatic rings. The van der Waals surface area contributed by atoms with Crippen molar-refractivity contribution in [2.45, 2.75) is 25.3 Å². The summed E-state index contributed by atoms with van der Waals surface area (Å²) in [6.45, 7) is 0.671. The highest BCUT2D eigenvalue weighted by Gasteiger charge is 2.27. The molecule has 0 saturated heterocycles. The monoisotopic (exact) mass is 247 g/mol. The van der Waals surface area contributed by atoms with E-state index >= 15 is 0 Å². The topological polar surface area (TPSA) is 76.7 Å². The molecule has 2 aromatic heterocycles. The fourth-order valence-electron chi connectivity index (χ4n) is 1.61. The largest absolute Gasteiger partial charge is 0.384 e. The highest BCUT2D eigenvalue weighted by atomic mass is 32.1. The van der Waals surface area contributed by atoms with Gasteiger partial charge in [0.05, 0.1) is 17.7 Å². The van der Waals surface area contributed by atoms with Crippen LogP contribution in [0.1, 0.15) is 30.3 Å². The third kappa shape index (κ3) is 2.52. The first kappa shape index (κ1) is 10.5. The number of rotatable bonds is 4. The van der Waals surface area contributed by atoms with E-state index in [1.807, 2.05) is 10.9 Å². The van der Waals surface area contributed by atoms with Gasteiger partial charge in [-0.3, -0.25) is 0 Å². The van der Waals surface area contributed by atoms with E-state index in [0.717, 1.165) is 17.3 Å². The zero-order chi connectivity index (χ0) is 11.7. The summed E-state index contributed by atoms with van der Waals surface area (Å²) in [5.41, 5.74) is 8.60. The fraction of sp³-hybridized carbons (Fsp3) is 0.364. The van der Waals surface area contributed by atoms with Gasteiger partial charge in [-0.05, 0) is 12.8 Å². The van der Waals surface area contributed by atoms with E-state index in [1.165, 1.54) is 12.8 Å². The van der Waals surface area contributed by atoms with Gasteiger partial charge in [0, 0.05) is 17.4 Å². The van der Waals surface area contributed by atoms with Crippen LogP contribution in [0, 0.1) is 0 Å². The van der Waals surface area contributed by atoms with Gasteiger partial charge in [-0.25, -0.2) is 15.0 Å². The lowest BCUT2D eigenvalue weighted by Crippen LogP contribution is -2.06. The Bertz CT molecular complexity index is 507. The molecule has 2 aromatic rings. The van der Waals surface area contributed by atoms with Crippen LogP contribution in [-0.2, 0) is 6.54 Å². The Kier molecular flexibility index (Phi) is 2.64. The summed E-state index contributed by atoms with van der Waals surface area (Å²) in [6, 6.07) is 1.76. The molecule has 3 rings (SSSR count). The van der Waals surface area contributed by atoms with Crippen LogP contribution in [0.25, 0.3) is 0 Å². The molecule has 3 N–H and O–H groups in total. The Morgan fingerprint density at radius 2 is 2.29 bits per heavy atom. The number of nitrogens with zero attached hydrogens (tertiary/aromatic N) is 3. The smallest absolute Gasteiger partial charge is 0.136 e. The molecule has 17 heavy (non-hydrogen) atoms. The summed E-state index contributed by atoms with van der Waals surface area (Å²) in [4.78, 5) is 12.9. The van der Waals surface area contributed by atoms with Crippen LogP contribution in [0.3, 0.4) is 0 Å². The van der Waals surface area contributed by atoms with Crippen LogP contribution >= 0.6 is 11.3 Å². The van der Waals surface area contributed by atoms with E-state index in [-0.39, 0.29) is 0 Å². The van der Waals surface area contributed by atoms with Gasteiger partial charge in [-0.15, -0.1) is 11.3 Å². The Morgan fingerprint density at radius 3 is 3.00 bits per heavy atom. The summed E-state index contributed by atoms with van der Waals surface area (Å²) in [6.07, 6.45) is 2.35. The summed E-state index contributed by atoms with van der Waals surface area (Å²) in [5.74, 6) is 2.69. The Labute approximate surface area is 103 Å². The molecule has 0 aliphatic heterocycles. The van der Waals surface area contributed by atoms with E-state index in [4.69, 9.17) is 5.73 Å². The van der Waals surface area contributed by atoms with Gasteiger partial charge in [0.1, 0.15) is 17.5 Å². The SMILES string of the molecule is Nc1cc(NCc2cscn2)nc(C2CC2)n1. The van der Waals surface area contributed by atoms with Crippen molar-refractivity contribution in [2.24, 2.45) is 0 Å². The van der Waals surface area contributed by atoms with E-state index < -0.39 is 0 Å². The Morgan fingerprint density at radius 1 is 1.41 bits per heavy atom. The van der Waals surface area contributed by atoms with Crippen LogP contribution in [0.2, 0.25) is 0 Å². The zero-order valence-electron chi connectivity index (χ0n) is 9.26. The van der Waals surface area contributed by atoms with Crippen LogP contribution in [0.4, 0.5) is 11.6 Å².